The number of nitrogens with one attached hydrogen (secondary N) is 1. The Bertz CT molecular complexity index is 1540. The van der Waals surface area contributed by atoms with Gasteiger partial charge in [0.05, 0.1) is 25.7 Å². The second kappa shape index (κ2) is 13.2. The van der Waals surface area contributed by atoms with Crippen LogP contribution in [0.3, 0.4) is 0 Å². The van der Waals surface area contributed by atoms with E-state index in [1.54, 1.807) is 37.3 Å². The zero-order valence-corrected chi connectivity index (χ0v) is 27.1. The average Bonchev–Trinajstić information content (AvgIpc) is 2.88. The first-order valence-electron chi connectivity index (χ1n) is 12.6. The Labute approximate surface area is 261 Å². The van der Waals surface area contributed by atoms with Gasteiger partial charge in [-0.2, -0.15) is 0 Å². The fraction of sp³-hybridized carbons (Fsp3) is 0.310. The van der Waals surface area contributed by atoms with Crippen LogP contribution in [0.5, 0.6) is 0 Å². The van der Waals surface area contributed by atoms with Gasteiger partial charge in [0.25, 0.3) is 10.0 Å². The Balaban J connectivity index is 2.09. The maximum atomic E-state index is 14.0. The van der Waals surface area contributed by atoms with E-state index in [9.17, 15) is 18.0 Å². The minimum Gasteiger partial charge on any atom is -0.350 e. The molecule has 1 N–H and O–H groups in total. The molecule has 7 nitrogen and oxygen atoms in total. The van der Waals surface area contributed by atoms with Crippen molar-refractivity contribution in [3.8, 4) is 0 Å². The Kier molecular flexibility index (Phi) is 10.6. The second-order valence-corrected chi connectivity index (χ2v) is 14.1. The fourth-order valence-electron chi connectivity index (χ4n) is 3.92. The maximum absolute atomic E-state index is 14.0. The van der Waals surface area contributed by atoms with Gasteiger partial charge in [-0.25, -0.2) is 8.42 Å². The lowest BCUT2D eigenvalue weighted by molar-refractivity contribution is -0.140. The highest BCUT2D eigenvalue weighted by atomic mass is 35.5. The third kappa shape index (κ3) is 8.52. The van der Waals surface area contributed by atoms with Crippen molar-refractivity contribution in [1.29, 1.82) is 0 Å². The largest absolute Gasteiger partial charge is 0.350 e. The molecule has 0 fully saturated rings. The molecule has 0 heterocycles. The summed E-state index contributed by atoms with van der Waals surface area (Å²) in [5.74, 6) is -1.07. The van der Waals surface area contributed by atoms with E-state index in [1.807, 2.05) is 27.7 Å². The van der Waals surface area contributed by atoms with Crippen LogP contribution in [0.1, 0.15) is 38.8 Å². The lowest BCUT2D eigenvalue weighted by Crippen LogP contribution is -2.54. The van der Waals surface area contributed by atoms with E-state index >= 15 is 0 Å². The standard InChI is InChI=1S/C29H31Cl4N3O4S/c1-18-6-10-22(11-7-18)41(39,40)36(26-15-21(30)9-13-24(26)32)17-27(37)35(19(2)28(38)34-29(3,4)5)16-20-8-12-23(31)25(33)14-20/h6-15,19H,16-17H2,1-5H3,(H,34,38)/t19-/m1/s1. The highest BCUT2D eigenvalue weighted by Gasteiger charge is 2.34. The summed E-state index contributed by atoms with van der Waals surface area (Å²) in [6.45, 7) is 8.15. The summed E-state index contributed by atoms with van der Waals surface area (Å²) in [5.41, 5.74) is 0.906. The van der Waals surface area contributed by atoms with Crippen molar-refractivity contribution in [3.63, 3.8) is 0 Å². The minimum absolute atomic E-state index is 0.0226. The Morgan fingerprint density at radius 1 is 0.878 bits per heavy atom. The van der Waals surface area contributed by atoms with Crippen LogP contribution in [-0.2, 0) is 26.2 Å². The molecule has 0 aliphatic heterocycles. The molecule has 0 aromatic heterocycles. The molecule has 3 aromatic carbocycles. The van der Waals surface area contributed by atoms with Gasteiger partial charge in [-0.3, -0.25) is 13.9 Å². The topological polar surface area (TPSA) is 86.8 Å². The molecule has 0 unspecified atom stereocenters. The number of hydrogen-bond donors (Lipinski definition) is 1. The van der Waals surface area contributed by atoms with E-state index in [0.717, 1.165) is 9.87 Å². The first-order valence-corrected chi connectivity index (χ1v) is 15.5. The Hall–Kier alpha value is -2.49. The van der Waals surface area contributed by atoms with Crippen molar-refractivity contribution in [1.82, 2.24) is 10.2 Å². The Morgan fingerprint density at radius 2 is 1.49 bits per heavy atom. The van der Waals surface area contributed by atoms with E-state index < -0.39 is 40.0 Å². The zero-order chi connectivity index (χ0) is 30.7. The third-order valence-corrected chi connectivity index (χ3v) is 9.13. The van der Waals surface area contributed by atoms with E-state index in [4.69, 9.17) is 46.4 Å². The molecule has 0 aliphatic carbocycles. The summed E-state index contributed by atoms with van der Waals surface area (Å²) in [6, 6.07) is 14.4. The molecule has 12 heteroatoms. The highest BCUT2D eigenvalue weighted by molar-refractivity contribution is 7.92. The van der Waals surface area contributed by atoms with E-state index in [2.05, 4.69) is 5.32 Å². The number of aryl methyl sites for hydroxylation is 1. The van der Waals surface area contributed by atoms with Crippen LogP contribution in [0.2, 0.25) is 20.1 Å². The summed E-state index contributed by atoms with van der Waals surface area (Å²) >= 11 is 24.9. The van der Waals surface area contributed by atoms with Crippen molar-refractivity contribution >= 4 is 73.9 Å². The van der Waals surface area contributed by atoms with Gasteiger partial charge in [-0.1, -0.05) is 70.2 Å². The van der Waals surface area contributed by atoms with E-state index in [-0.39, 0.29) is 32.2 Å². The number of nitrogens with zero attached hydrogens (tertiary/aromatic N) is 2. The van der Waals surface area contributed by atoms with Crippen molar-refractivity contribution in [2.24, 2.45) is 0 Å². The molecule has 0 saturated carbocycles. The number of halogens is 4. The van der Waals surface area contributed by atoms with Crippen LogP contribution in [0.4, 0.5) is 5.69 Å². The minimum atomic E-state index is -4.30. The second-order valence-electron chi connectivity index (χ2n) is 10.6. The maximum Gasteiger partial charge on any atom is 0.264 e. The quantitative estimate of drug-likeness (QED) is 0.265. The first-order chi connectivity index (χ1) is 19.0. The Morgan fingerprint density at radius 3 is 2.07 bits per heavy atom. The molecular weight excluding hydrogens is 628 g/mol. The van der Waals surface area contributed by atoms with Crippen molar-refractivity contribution < 1.29 is 18.0 Å². The van der Waals surface area contributed by atoms with Gasteiger partial charge in [0, 0.05) is 17.1 Å². The molecule has 0 aliphatic rings. The van der Waals surface area contributed by atoms with Crippen LogP contribution >= 0.6 is 46.4 Å². The van der Waals surface area contributed by atoms with Gasteiger partial charge < -0.3 is 10.2 Å². The molecule has 41 heavy (non-hydrogen) atoms. The van der Waals surface area contributed by atoms with Crippen molar-refractivity contribution in [2.75, 3.05) is 10.8 Å². The lowest BCUT2D eigenvalue weighted by atomic mass is 10.1. The fourth-order valence-corrected chi connectivity index (χ4v) is 6.10. The number of amides is 2. The van der Waals surface area contributed by atoms with Gasteiger partial charge in [0.2, 0.25) is 11.8 Å². The highest BCUT2D eigenvalue weighted by Crippen LogP contribution is 2.33. The number of anilines is 1. The normalized spacial score (nSPS) is 12.5. The molecule has 3 aromatic rings. The summed E-state index contributed by atoms with van der Waals surface area (Å²) in [4.78, 5) is 28.5. The molecule has 1 atom stereocenters. The molecule has 3 rings (SSSR count). The molecule has 0 saturated heterocycles. The van der Waals surface area contributed by atoms with Crippen LogP contribution in [0.25, 0.3) is 0 Å². The third-order valence-electron chi connectivity index (χ3n) is 6.07. The molecule has 220 valence electrons. The number of benzene rings is 3. The monoisotopic (exact) mass is 657 g/mol. The molecule has 2 amide bonds. The molecular formula is C29H31Cl4N3O4S. The summed E-state index contributed by atoms with van der Waals surface area (Å²) in [6.07, 6.45) is 0. The van der Waals surface area contributed by atoms with E-state index in [0.29, 0.717) is 10.6 Å². The summed E-state index contributed by atoms with van der Waals surface area (Å²) in [7, 11) is -4.30. The predicted octanol–water partition coefficient (Wildman–Crippen LogP) is 7.14. The molecule has 0 bridgehead atoms. The number of hydrogen-bond acceptors (Lipinski definition) is 4. The van der Waals surface area contributed by atoms with Crippen LogP contribution in [0.15, 0.2) is 65.6 Å². The van der Waals surface area contributed by atoms with Crippen molar-refractivity contribution in [3.05, 3.63) is 91.9 Å². The van der Waals surface area contributed by atoms with Crippen molar-refractivity contribution in [2.45, 2.75) is 57.6 Å². The first kappa shape index (κ1) is 33.0. The number of sulfonamides is 1. The number of rotatable bonds is 9. The van der Waals surface area contributed by atoms with Crippen LogP contribution < -0.4 is 9.62 Å². The zero-order valence-electron chi connectivity index (χ0n) is 23.2. The van der Waals surface area contributed by atoms with Gasteiger partial charge >= 0.3 is 0 Å². The number of carbonyl (C=O) groups is 2. The summed E-state index contributed by atoms with van der Waals surface area (Å²) in [5, 5.41) is 3.78. The number of carbonyl (C=O) groups excluding carboxylic acids is 2. The van der Waals surface area contributed by atoms with E-state index in [1.165, 1.54) is 35.2 Å². The van der Waals surface area contributed by atoms with Crippen LogP contribution in [0, 0.1) is 6.92 Å². The van der Waals surface area contributed by atoms with Crippen LogP contribution in [-0.4, -0.2) is 43.3 Å². The predicted molar refractivity (Wildman–Crippen MR) is 167 cm³/mol. The molecule has 0 radical (unpaired) electrons. The van der Waals surface area contributed by atoms with Gasteiger partial charge in [0.15, 0.2) is 0 Å². The van der Waals surface area contributed by atoms with Gasteiger partial charge in [-0.15, -0.1) is 0 Å². The lowest BCUT2D eigenvalue weighted by Gasteiger charge is -2.33. The van der Waals surface area contributed by atoms with Gasteiger partial charge in [0.1, 0.15) is 12.6 Å². The average molecular weight is 659 g/mol. The van der Waals surface area contributed by atoms with Gasteiger partial charge in [-0.05, 0) is 82.6 Å². The molecule has 0 spiro atoms. The summed E-state index contributed by atoms with van der Waals surface area (Å²) < 4.78 is 28.8. The SMILES string of the molecule is Cc1ccc(S(=O)(=O)N(CC(=O)N(Cc2ccc(Cl)c(Cl)c2)[C@H](C)C(=O)NC(C)(C)C)c2cc(Cl)ccc2Cl)cc1. The smallest absolute Gasteiger partial charge is 0.264 e.